The molecule has 0 unspecified atom stereocenters. The summed E-state index contributed by atoms with van der Waals surface area (Å²) in [6.07, 6.45) is 10.4. The Morgan fingerprint density at radius 1 is 1.17 bits per heavy atom. The van der Waals surface area contributed by atoms with Crippen molar-refractivity contribution in [2.24, 2.45) is 11.8 Å². The van der Waals surface area contributed by atoms with Gasteiger partial charge in [-0.05, 0) is 56.1 Å². The van der Waals surface area contributed by atoms with Gasteiger partial charge in [0.2, 0.25) is 0 Å². The van der Waals surface area contributed by atoms with E-state index in [1.165, 1.54) is 19.3 Å². The molecule has 24 heavy (non-hydrogen) atoms. The molecule has 0 aromatic heterocycles. The van der Waals surface area contributed by atoms with E-state index in [4.69, 9.17) is 4.74 Å². The molecule has 0 saturated heterocycles. The molecule has 1 aromatic carbocycles. The number of hydrogen-bond donors (Lipinski definition) is 1. The summed E-state index contributed by atoms with van der Waals surface area (Å²) in [6, 6.07) is 9.10. The molecule has 0 bridgehead atoms. The highest BCUT2D eigenvalue weighted by Gasteiger charge is 2.35. The standard InChI is InChI=1S/C21H30O3/c1-2-3-4-5-6-10-13-19-18(14-15-20(19)22)16-24-21(23)17-11-8-7-9-12-17/h2,7-9,11-12,18-20,22H,1,3-6,10,13-16H2/t18-,19+,20-/m1/s1. The van der Waals surface area contributed by atoms with E-state index in [2.05, 4.69) is 6.58 Å². The van der Waals surface area contributed by atoms with Gasteiger partial charge in [-0.1, -0.05) is 43.5 Å². The Morgan fingerprint density at radius 2 is 1.92 bits per heavy atom. The van der Waals surface area contributed by atoms with Crippen molar-refractivity contribution in [1.29, 1.82) is 0 Å². The second kappa shape index (κ2) is 10.3. The molecule has 3 atom stereocenters. The number of aliphatic hydroxyl groups excluding tert-OH is 1. The molecule has 0 aliphatic heterocycles. The second-order valence-corrected chi connectivity index (χ2v) is 6.81. The first kappa shape index (κ1) is 18.7. The van der Waals surface area contributed by atoms with Crippen molar-refractivity contribution in [3.05, 3.63) is 48.6 Å². The minimum atomic E-state index is -0.264. The number of rotatable bonds is 10. The van der Waals surface area contributed by atoms with Crippen molar-refractivity contribution in [1.82, 2.24) is 0 Å². The normalized spacial score (nSPS) is 23.1. The van der Waals surface area contributed by atoms with E-state index in [1.807, 2.05) is 24.3 Å². The number of allylic oxidation sites excluding steroid dienone is 1. The lowest BCUT2D eigenvalue weighted by Gasteiger charge is -2.22. The summed E-state index contributed by atoms with van der Waals surface area (Å²) in [7, 11) is 0. The van der Waals surface area contributed by atoms with Gasteiger partial charge >= 0.3 is 5.97 Å². The van der Waals surface area contributed by atoms with E-state index in [0.29, 0.717) is 18.1 Å². The Balaban J connectivity index is 1.72. The number of esters is 1. The van der Waals surface area contributed by atoms with Gasteiger partial charge in [0.1, 0.15) is 0 Å². The Bertz CT molecular complexity index is 497. The number of hydrogen-bond acceptors (Lipinski definition) is 3. The fourth-order valence-corrected chi connectivity index (χ4v) is 3.62. The van der Waals surface area contributed by atoms with Crippen LogP contribution >= 0.6 is 0 Å². The monoisotopic (exact) mass is 330 g/mol. The van der Waals surface area contributed by atoms with Crippen LogP contribution in [0.3, 0.4) is 0 Å². The quantitative estimate of drug-likeness (QED) is 0.382. The van der Waals surface area contributed by atoms with Gasteiger partial charge in [-0.15, -0.1) is 6.58 Å². The maximum Gasteiger partial charge on any atom is 0.338 e. The molecule has 1 saturated carbocycles. The SMILES string of the molecule is C=CCCCCCC[C@H]1[C@@H](COC(=O)c2ccccc2)CC[C@H]1O. The van der Waals surface area contributed by atoms with Crippen LogP contribution < -0.4 is 0 Å². The van der Waals surface area contributed by atoms with Crippen molar-refractivity contribution in [3.8, 4) is 0 Å². The average molecular weight is 330 g/mol. The second-order valence-electron chi connectivity index (χ2n) is 6.81. The number of carbonyl (C=O) groups is 1. The molecule has 0 spiro atoms. The van der Waals surface area contributed by atoms with E-state index in [9.17, 15) is 9.90 Å². The van der Waals surface area contributed by atoms with E-state index >= 15 is 0 Å². The van der Waals surface area contributed by atoms with E-state index in [1.54, 1.807) is 12.1 Å². The molecule has 2 rings (SSSR count). The third-order valence-electron chi connectivity index (χ3n) is 5.07. The predicted molar refractivity (Wildman–Crippen MR) is 96.8 cm³/mol. The lowest BCUT2D eigenvalue weighted by molar-refractivity contribution is 0.0341. The lowest BCUT2D eigenvalue weighted by Crippen LogP contribution is -2.23. The van der Waals surface area contributed by atoms with Crippen LogP contribution in [0, 0.1) is 11.8 Å². The molecule has 1 fully saturated rings. The van der Waals surface area contributed by atoms with Gasteiger partial charge in [-0.25, -0.2) is 4.79 Å². The number of ether oxygens (including phenoxy) is 1. The average Bonchev–Trinajstić information content (AvgIpc) is 2.96. The van der Waals surface area contributed by atoms with Crippen molar-refractivity contribution < 1.29 is 14.6 Å². The highest BCUT2D eigenvalue weighted by Crippen LogP contribution is 2.36. The third kappa shape index (κ3) is 5.79. The summed E-state index contributed by atoms with van der Waals surface area (Å²) < 4.78 is 5.49. The van der Waals surface area contributed by atoms with Crippen LogP contribution in [0.5, 0.6) is 0 Å². The van der Waals surface area contributed by atoms with Gasteiger partial charge in [-0.3, -0.25) is 0 Å². The first-order valence-electron chi connectivity index (χ1n) is 9.23. The van der Waals surface area contributed by atoms with Crippen LogP contribution in [0.15, 0.2) is 43.0 Å². The van der Waals surface area contributed by atoms with Gasteiger partial charge in [0.15, 0.2) is 0 Å². The number of aliphatic hydroxyl groups is 1. The number of unbranched alkanes of at least 4 members (excludes halogenated alkanes) is 4. The molecule has 0 radical (unpaired) electrons. The third-order valence-corrected chi connectivity index (χ3v) is 5.07. The smallest absolute Gasteiger partial charge is 0.338 e. The van der Waals surface area contributed by atoms with E-state index in [0.717, 1.165) is 32.1 Å². The molecule has 1 aromatic rings. The van der Waals surface area contributed by atoms with Crippen LogP contribution in [0.25, 0.3) is 0 Å². The molecule has 0 heterocycles. The van der Waals surface area contributed by atoms with Gasteiger partial charge in [0.05, 0.1) is 18.3 Å². The van der Waals surface area contributed by atoms with Crippen LogP contribution in [-0.2, 0) is 4.74 Å². The molecular formula is C21H30O3. The molecule has 3 heteroatoms. The Morgan fingerprint density at radius 3 is 2.67 bits per heavy atom. The first-order chi connectivity index (χ1) is 11.7. The highest BCUT2D eigenvalue weighted by atomic mass is 16.5. The minimum Gasteiger partial charge on any atom is -0.462 e. The molecular weight excluding hydrogens is 300 g/mol. The summed E-state index contributed by atoms with van der Waals surface area (Å²) in [5, 5.41) is 10.2. The zero-order valence-corrected chi connectivity index (χ0v) is 14.5. The highest BCUT2D eigenvalue weighted by molar-refractivity contribution is 5.89. The summed E-state index contributed by atoms with van der Waals surface area (Å²) >= 11 is 0. The maximum atomic E-state index is 12.1. The fourth-order valence-electron chi connectivity index (χ4n) is 3.62. The van der Waals surface area contributed by atoms with Gasteiger partial charge in [-0.2, -0.15) is 0 Å². The molecule has 1 aliphatic rings. The summed E-state index contributed by atoms with van der Waals surface area (Å²) in [5.74, 6) is 0.300. The van der Waals surface area contributed by atoms with Crippen molar-refractivity contribution in [2.75, 3.05) is 6.61 Å². The molecule has 1 N–H and O–H groups in total. The number of carbonyl (C=O) groups excluding carboxylic acids is 1. The Kier molecular flexibility index (Phi) is 8.03. The van der Waals surface area contributed by atoms with Crippen LogP contribution in [-0.4, -0.2) is 23.8 Å². The Labute approximate surface area is 145 Å². The predicted octanol–water partition coefficient (Wildman–Crippen LogP) is 4.76. The topological polar surface area (TPSA) is 46.5 Å². The number of benzene rings is 1. The molecule has 1 aliphatic carbocycles. The van der Waals surface area contributed by atoms with Crippen LogP contribution in [0.2, 0.25) is 0 Å². The largest absolute Gasteiger partial charge is 0.462 e. The van der Waals surface area contributed by atoms with Crippen molar-refractivity contribution in [3.63, 3.8) is 0 Å². The van der Waals surface area contributed by atoms with Crippen LogP contribution in [0.4, 0.5) is 0 Å². The molecule has 132 valence electrons. The first-order valence-corrected chi connectivity index (χ1v) is 9.23. The van der Waals surface area contributed by atoms with Gasteiger partial charge < -0.3 is 9.84 Å². The molecule has 0 amide bonds. The lowest BCUT2D eigenvalue weighted by atomic mass is 9.89. The van der Waals surface area contributed by atoms with Crippen molar-refractivity contribution >= 4 is 5.97 Å². The van der Waals surface area contributed by atoms with Gasteiger partial charge in [0, 0.05) is 0 Å². The van der Waals surface area contributed by atoms with Gasteiger partial charge in [0.25, 0.3) is 0 Å². The summed E-state index contributed by atoms with van der Waals surface area (Å²) in [4.78, 5) is 12.1. The van der Waals surface area contributed by atoms with E-state index in [-0.39, 0.29) is 18.0 Å². The zero-order valence-electron chi connectivity index (χ0n) is 14.5. The van der Waals surface area contributed by atoms with Crippen LogP contribution in [0.1, 0.15) is 61.7 Å². The molecule has 3 nitrogen and oxygen atoms in total. The zero-order chi connectivity index (χ0) is 17.2. The Hall–Kier alpha value is -1.61. The maximum absolute atomic E-state index is 12.1. The van der Waals surface area contributed by atoms with Crippen molar-refractivity contribution in [2.45, 2.75) is 57.5 Å². The summed E-state index contributed by atoms with van der Waals surface area (Å²) in [5.41, 5.74) is 0.592. The van der Waals surface area contributed by atoms with E-state index < -0.39 is 0 Å². The minimum absolute atomic E-state index is 0.237. The summed E-state index contributed by atoms with van der Waals surface area (Å²) in [6.45, 7) is 4.17. The fraction of sp³-hybridized carbons (Fsp3) is 0.571.